The van der Waals surface area contributed by atoms with E-state index < -0.39 is 23.3 Å². The zero-order chi connectivity index (χ0) is 17.0. The second-order valence-electron chi connectivity index (χ2n) is 6.46. The number of hydrogen-bond acceptors (Lipinski definition) is 4. The second kappa shape index (κ2) is 6.77. The summed E-state index contributed by atoms with van der Waals surface area (Å²) in [5, 5.41) is 14.2. The van der Waals surface area contributed by atoms with Crippen molar-refractivity contribution in [1.82, 2.24) is 5.32 Å². The Morgan fingerprint density at radius 1 is 1.27 bits per heavy atom. The van der Waals surface area contributed by atoms with Crippen molar-refractivity contribution in [2.45, 2.75) is 58.2 Å². The van der Waals surface area contributed by atoms with Crippen LogP contribution in [0, 0.1) is 10.1 Å². The molecule has 1 amide bonds. The van der Waals surface area contributed by atoms with Gasteiger partial charge < -0.3 is 10.1 Å². The van der Waals surface area contributed by atoms with Crippen LogP contribution in [0.4, 0.5) is 4.79 Å². The number of nitrogens with zero attached hydrogens (tertiary/aromatic N) is 1. The molecule has 0 bridgehead atoms. The van der Waals surface area contributed by atoms with Crippen molar-refractivity contribution in [3.8, 4) is 0 Å². The molecule has 0 saturated carbocycles. The van der Waals surface area contributed by atoms with E-state index in [2.05, 4.69) is 5.32 Å². The summed E-state index contributed by atoms with van der Waals surface area (Å²) in [6.07, 6.45) is -0.391. The van der Waals surface area contributed by atoms with Crippen molar-refractivity contribution in [3.63, 3.8) is 0 Å². The Kier molecular flexibility index (Phi) is 5.52. The minimum absolute atomic E-state index is 0.273. The van der Waals surface area contributed by atoms with Crippen LogP contribution in [-0.4, -0.2) is 22.2 Å². The van der Waals surface area contributed by atoms with Gasteiger partial charge in [-0.15, -0.1) is 0 Å². The van der Waals surface area contributed by atoms with Gasteiger partial charge in [0.15, 0.2) is 0 Å². The smallest absolute Gasteiger partial charge is 0.408 e. The van der Waals surface area contributed by atoms with Gasteiger partial charge in [-0.2, -0.15) is 0 Å². The van der Waals surface area contributed by atoms with Gasteiger partial charge in [0.05, 0.1) is 0 Å². The fourth-order valence-corrected chi connectivity index (χ4v) is 2.11. The third-order valence-corrected chi connectivity index (χ3v) is 3.55. The van der Waals surface area contributed by atoms with Gasteiger partial charge in [0.2, 0.25) is 5.54 Å². The molecule has 0 radical (unpaired) electrons. The minimum atomic E-state index is -1.32. The molecule has 0 aromatic heterocycles. The minimum Gasteiger partial charge on any atom is -0.444 e. The molecule has 1 aromatic carbocycles. The molecule has 1 N–H and O–H groups in total. The lowest BCUT2D eigenvalue weighted by atomic mass is 9.85. The number of rotatable bonds is 5. The van der Waals surface area contributed by atoms with Gasteiger partial charge >= 0.3 is 6.09 Å². The molecule has 1 rings (SSSR count). The van der Waals surface area contributed by atoms with Crippen molar-refractivity contribution in [2.24, 2.45) is 0 Å². The van der Waals surface area contributed by atoms with Crippen LogP contribution in [0.1, 0.15) is 52.6 Å². The van der Waals surface area contributed by atoms with Gasteiger partial charge in [0.1, 0.15) is 11.6 Å². The molecule has 1 unspecified atom stereocenters. The number of amides is 1. The molecule has 0 aliphatic carbocycles. The van der Waals surface area contributed by atoms with Gasteiger partial charge in [-0.1, -0.05) is 37.3 Å². The maximum absolute atomic E-state index is 12.1. The van der Waals surface area contributed by atoms with Crippen LogP contribution in [0.3, 0.4) is 0 Å². The molecular weight excluding hydrogens is 284 g/mol. The molecule has 0 fully saturated rings. The van der Waals surface area contributed by atoms with Crippen LogP contribution < -0.4 is 5.32 Å². The standard InChI is InChI=1S/C16H24N2O4/c1-6-16(5,18(20)21)13(12-10-8-7-9-11-12)17-14(19)22-15(2,3)4/h7-11,13H,6H2,1-5H3,(H,17,19)/t13?,16-/m1/s1. The fraction of sp³-hybridized carbons (Fsp3) is 0.562. The Bertz CT molecular complexity index is 525. The lowest BCUT2D eigenvalue weighted by Crippen LogP contribution is -2.50. The molecule has 6 heteroatoms. The first kappa shape index (κ1) is 17.9. The number of carbonyl (C=O) groups is 1. The van der Waals surface area contributed by atoms with E-state index in [-0.39, 0.29) is 11.3 Å². The Morgan fingerprint density at radius 3 is 2.23 bits per heavy atom. The SMILES string of the molecule is CC[C@](C)(C(NC(=O)OC(C)(C)C)c1ccccc1)[N+](=O)[O-]. The molecule has 0 heterocycles. The van der Waals surface area contributed by atoms with Crippen LogP contribution in [0.5, 0.6) is 0 Å². The first-order chi connectivity index (χ1) is 10.1. The van der Waals surface area contributed by atoms with Crippen molar-refractivity contribution in [1.29, 1.82) is 0 Å². The summed E-state index contributed by atoms with van der Waals surface area (Å²) >= 11 is 0. The molecule has 0 spiro atoms. The van der Waals surface area contributed by atoms with Gasteiger partial charge in [-0.25, -0.2) is 4.79 Å². The van der Waals surface area contributed by atoms with Crippen molar-refractivity contribution in [3.05, 3.63) is 46.0 Å². The van der Waals surface area contributed by atoms with Crippen LogP contribution in [0.25, 0.3) is 0 Å². The molecule has 0 aliphatic rings. The number of ether oxygens (including phenoxy) is 1. The van der Waals surface area contributed by atoms with E-state index in [0.717, 1.165) is 0 Å². The topological polar surface area (TPSA) is 81.5 Å². The Hall–Kier alpha value is -2.11. The predicted molar refractivity (Wildman–Crippen MR) is 84.2 cm³/mol. The lowest BCUT2D eigenvalue weighted by molar-refractivity contribution is -0.572. The molecule has 1 aromatic rings. The molecule has 0 saturated heterocycles. The highest BCUT2D eigenvalue weighted by molar-refractivity contribution is 5.68. The normalized spacial score (nSPS) is 15.5. The van der Waals surface area contributed by atoms with E-state index in [1.807, 2.05) is 6.07 Å². The zero-order valence-corrected chi connectivity index (χ0v) is 13.8. The molecule has 6 nitrogen and oxygen atoms in total. The fourth-order valence-electron chi connectivity index (χ4n) is 2.11. The zero-order valence-electron chi connectivity index (χ0n) is 13.8. The number of nitro groups is 1. The van der Waals surface area contributed by atoms with Crippen molar-refractivity contribution >= 4 is 6.09 Å². The lowest BCUT2D eigenvalue weighted by Gasteiger charge is -2.31. The quantitative estimate of drug-likeness (QED) is 0.664. The van der Waals surface area contributed by atoms with Gasteiger partial charge in [0.25, 0.3) is 0 Å². The van der Waals surface area contributed by atoms with Crippen LogP contribution in [0.15, 0.2) is 30.3 Å². The summed E-state index contributed by atoms with van der Waals surface area (Å²) in [6.45, 7) is 8.50. The summed E-state index contributed by atoms with van der Waals surface area (Å²) in [6, 6.07) is 8.15. The maximum Gasteiger partial charge on any atom is 0.408 e. The average Bonchev–Trinajstić information content (AvgIpc) is 2.42. The molecular formula is C16H24N2O4. The van der Waals surface area contributed by atoms with Crippen LogP contribution in [-0.2, 0) is 4.74 Å². The number of carbonyl (C=O) groups excluding carboxylic acids is 1. The van der Waals surface area contributed by atoms with E-state index in [1.165, 1.54) is 6.92 Å². The third-order valence-electron chi connectivity index (χ3n) is 3.55. The maximum atomic E-state index is 12.1. The van der Waals surface area contributed by atoms with Gasteiger partial charge in [-0.3, -0.25) is 10.1 Å². The van der Waals surface area contributed by atoms with E-state index in [9.17, 15) is 14.9 Å². The summed E-state index contributed by atoms with van der Waals surface area (Å²) in [5.41, 5.74) is -1.31. The molecule has 0 aliphatic heterocycles. The third kappa shape index (κ3) is 4.44. The highest BCUT2D eigenvalue weighted by Crippen LogP contribution is 2.31. The first-order valence-electron chi connectivity index (χ1n) is 7.29. The van der Waals surface area contributed by atoms with Gasteiger partial charge in [0, 0.05) is 18.3 Å². The number of hydrogen-bond donors (Lipinski definition) is 1. The first-order valence-corrected chi connectivity index (χ1v) is 7.29. The highest BCUT2D eigenvalue weighted by atomic mass is 16.6. The molecule has 22 heavy (non-hydrogen) atoms. The van der Waals surface area contributed by atoms with E-state index in [1.54, 1.807) is 52.0 Å². The van der Waals surface area contributed by atoms with Crippen LogP contribution in [0.2, 0.25) is 0 Å². The Labute approximate surface area is 131 Å². The monoisotopic (exact) mass is 308 g/mol. The van der Waals surface area contributed by atoms with E-state index >= 15 is 0 Å². The number of nitrogens with one attached hydrogen (secondary N) is 1. The Balaban J connectivity index is 3.13. The van der Waals surface area contributed by atoms with Crippen molar-refractivity contribution < 1.29 is 14.5 Å². The average molecular weight is 308 g/mol. The Morgan fingerprint density at radius 2 is 1.82 bits per heavy atom. The number of alkyl carbamates (subject to hydrolysis) is 1. The molecule has 122 valence electrons. The second-order valence-corrected chi connectivity index (χ2v) is 6.46. The highest BCUT2D eigenvalue weighted by Gasteiger charge is 2.46. The van der Waals surface area contributed by atoms with E-state index in [4.69, 9.17) is 4.74 Å². The summed E-state index contributed by atoms with van der Waals surface area (Å²) in [4.78, 5) is 23.3. The summed E-state index contributed by atoms with van der Waals surface area (Å²) in [5.74, 6) is 0. The largest absolute Gasteiger partial charge is 0.444 e. The summed E-state index contributed by atoms with van der Waals surface area (Å²) in [7, 11) is 0. The number of benzene rings is 1. The summed E-state index contributed by atoms with van der Waals surface area (Å²) < 4.78 is 5.24. The van der Waals surface area contributed by atoms with Crippen LogP contribution >= 0.6 is 0 Å². The predicted octanol–water partition coefficient (Wildman–Crippen LogP) is 3.70. The van der Waals surface area contributed by atoms with Gasteiger partial charge in [-0.05, 0) is 26.3 Å². The van der Waals surface area contributed by atoms with Crippen molar-refractivity contribution in [2.75, 3.05) is 0 Å². The van der Waals surface area contributed by atoms with E-state index in [0.29, 0.717) is 5.56 Å². The molecule has 2 atom stereocenters.